The maximum atomic E-state index is 12.8. The maximum absolute atomic E-state index is 12.8. The minimum absolute atomic E-state index is 0.358. The van der Waals surface area contributed by atoms with E-state index in [4.69, 9.17) is 9.47 Å². The van der Waals surface area contributed by atoms with Crippen molar-refractivity contribution in [3.63, 3.8) is 0 Å². The number of carbonyl (C=O) groups is 2. The van der Waals surface area contributed by atoms with Crippen molar-refractivity contribution >= 4 is 28.5 Å². The second-order valence-electron chi connectivity index (χ2n) is 7.96. The molecule has 0 aliphatic heterocycles. The Labute approximate surface area is 165 Å². The lowest BCUT2D eigenvalue weighted by atomic mass is 10.0. The topological polar surface area (TPSA) is 76.7 Å². The highest BCUT2D eigenvalue weighted by atomic mass is 16.6. The molecule has 0 atom stereocenters. The van der Waals surface area contributed by atoms with Crippen LogP contribution in [0.25, 0.3) is 10.8 Å². The molecular formula is C22H28N2O4. The summed E-state index contributed by atoms with van der Waals surface area (Å²) in [4.78, 5) is 24.9. The van der Waals surface area contributed by atoms with Gasteiger partial charge >= 0.3 is 6.09 Å². The third-order valence-electron chi connectivity index (χ3n) is 3.87. The molecule has 2 rings (SSSR count). The number of anilines is 1. The van der Waals surface area contributed by atoms with Crippen LogP contribution in [0.1, 0.15) is 34.6 Å². The van der Waals surface area contributed by atoms with E-state index >= 15 is 0 Å². The molecule has 2 amide bonds. The first-order valence-electron chi connectivity index (χ1n) is 9.11. The van der Waals surface area contributed by atoms with Gasteiger partial charge in [0.25, 0.3) is 0 Å². The second-order valence-corrected chi connectivity index (χ2v) is 7.96. The van der Waals surface area contributed by atoms with Crippen LogP contribution in [0.15, 0.2) is 49.1 Å². The molecule has 0 saturated heterocycles. The highest BCUT2D eigenvalue weighted by molar-refractivity contribution is 6.07. The predicted molar refractivity (Wildman–Crippen MR) is 112 cm³/mol. The van der Waals surface area contributed by atoms with Gasteiger partial charge in [0, 0.05) is 16.5 Å². The van der Waals surface area contributed by atoms with Crippen LogP contribution in [0.2, 0.25) is 0 Å². The zero-order valence-corrected chi connectivity index (χ0v) is 17.1. The predicted octanol–water partition coefficient (Wildman–Crippen LogP) is 4.65. The van der Waals surface area contributed by atoms with E-state index in [1.54, 1.807) is 52.8 Å². The Morgan fingerprint density at radius 3 is 2.29 bits per heavy atom. The molecule has 0 heterocycles. The molecular weight excluding hydrogens is 356 g/mol. The molecule has 0 radical (unpaired) electrons. The molecule has 0 aliphatic rings. The lowest BCUT2D eigenvalue weighted by molar-refractivity contribution is -0.121. The van der Waals surface area contributed by atoms with Crippen LogP contribution in [-0.4, -0.2) is 29.7 Å². The van der Waals surface area contributed by atoms with Crippen molar-refractivity contribution in [2.24, 2.45) is 0 Å². The van der Waals surface area contributed by atoms with Gasteiger partial charge in [-0.2, -0.15) is 0 Å². The van der Waals surface area contributed by atoms with E-state index in [1.807, 2.05) is 24.3 Å². The molecule has 6 nitrogen and oxygen atoms in total. The molecule has 0 fully saturated rings. The largest absolute Gasteiger partial charge is 0.489 e. The molecule has 0 spiro atoms. The Morgan fingerprint density at radius 1 is 1.04 bits per heavy atom. The highest BCUT2D eigenvalue weighted by Gasteiger charge is 2.32. The van der Waals surface area contributed by atoms with Gasteiger partial charge in [0.15, 0.2) is 0 Å². The van der Waals surface area contributed by atoms with Crippen molar-refractivity contribution < 1.29 is 19.1 Å². The van der Waals surface area contributed by atoms with E-state index < -0.39 is 17.2 Å². The van der Waals surface area contributed by atoms with E-state index in [0.717, 1.165) is 10.8 Å². The van der Waals surface area contributed by atoms with Gasteiger partial charge in [-0.3, -0.25) is 4.79 Å². The van der Waals surface area contributed by atoms with Crippen LogP contribution < -0.4 is 15.4 Å². The summed E-state index contributed by atoms with van der Waals surface area (Å²) in [6, 6.07) is 11.2. The van der Waals surface area contributed by atoms with Gasteiger partial charge in [-0.1, -0.05) is 36.9 Å². The number of alkyl carbamates (subject to hydrolysis) is 1. The third-order valence-corrected chi connectivity index (χ3v) is 3.87. The Morgan fingerprint density at radius 2 is 1.68 bits per heavy atom. The van der Waals surface area contributed by atoms with Crippen molar-refractivity contribution in [1.29, 1.82) is 0 Å². The Bertz CT molecular complexity index is 882. The minimum Gasteiger partial charge on any atom is -0.489 e. The fourth-order valence-electron chi connectivity index (χ4n) is 2.55. The monoisotopic (exact) mass is 384 g/mol. The summed E-state index contributed by atoms with van der Waals surface area (Å²) >= 11 is 0. The van der Waals surface area contributed by atoms with Gasteiger partial charge in [-0.25, -0.2) is 4.79 Å². The summed E-state index contributed by atoms with van der Waals surface area (Å²) in [5, 5.41) is 7.22. The molecule has 6 heteroatoms. The summed E-state index contributed by atoms with van der Waals surface area (Å²) in [5.74, 6) is 0.350. The summed E-state index contributed by atoms with van der Waals surface area (Å²) in [6.45, 7) is 12.6. The van der Waals surface area contributed by atoms with Gasteiger partial charge in [0.1, 0.15) is 23.5 Å². The van der Waals surface area contributed by atoms with Crippen molar-refractivity contribution in [1.82, 2.24) is 5.32 Å². The van der Waals surface area contributed by atoms with Gasteiger partial charge in [-0.15, -0.1) is 0 Å². The molecule has 2 aromatic carbocycles. The number of fused-ring (bicyclic) bond motifs is 1. The van der Waals surface area contributed by atoms with E-state index in [2.05, 4.69) is 17.2 Å². The van der Waals surface area contributed by atoms with Gasteiger partial charge in [0.2, 0.25) is 5.91 Å². The van der Waals surface area contributed by atoms with Crippen LogP contribution >= 0.6 is 0 Å². The second kappa shape index (κ2) is 8.33. The number of benzene rings is 2. The van der Waals surface area contributed by atoms with Gasteiger partial charge in [0.05, 0.1) is 0 Å². The molecule has 2 N–H and O–H groups in total. The van der Waals surface area contributed by atoms with Crippen LogP contribution in [0, 0.1) is 0 Å². The minimum atomic E-state index is -1.17. The summed E-state index contributed by atoms with van der Waals surface area (Å²) < 4.78 is 10.9. The highest BCUT2D eigenvalue weighted by Crippen LogP contribution is 2.32. The van der Waals surface area contributed by atoms with Crippen molar-refractivity contribution in [3.05, 3.63) is 49.1 Å². The standard InChI is InChI=1S/C22H28N2O4/c1-7-14-27-18-13-12-17(15-10-8-9-11-16(15)18)23-19(25)22(5,6)24-20(26)28-21(2,3)4/h7-13H,1,14H2,2-6H3,(H,23,25)(H,24,26). The first kappa shape index (κ1) is 21.3. The van der Waals surface area contributed by atoms with Crippen LogP contribution in [0.3, 0.4) is 0 Å². The first-order valence-corrected chi connectivity index (χ1v) is 9.11. The normalized spacial score (nSPS) is 11.6. The Hall–Kier alpha value is -3.02. The van der Waals surface area contributed by atoms with Crippen LogP contribution in [-0.2, 0) is 9.53 Å². The maximum Gasteiger partial charge on any atom is 0.408 e. The third kappa shape index (κ3) is 5.49. The molecule has 0 saturated carbocycles. The average molecular weight is 384 g/mol. The molecule has 0 aromatic heterocycles. The van der Waals surface area contributed by atoms with Gasteiger partial charge in [-0.05, 0) is 46.8 Å². The molecule has 2 aromatic rings. The lowest BCUT2D eigenvalue weighted by Crippen LogP contribution is -2.53. The van der Waals surface area contributed by atoms with E-state index in [-0.39, 0.29) is 5.91 Å². The number of rotatable bonds is 6. The zero-order valence-electron chi connectivity index (χ0n) is 17.1. The summed E-state index contributed by atoms with van der Waals surface area (Å²) in [7, 11) is 0. The number of ether oxygens (including phenoxy) is 2. The molecule has 0 bridgehead atoms. The average Bonchev–Trinajstić information content (AvgIpc) is 2.58. The summed E-state index contributed by atoms with van der Waals surface area (Å²) in [6.07, 6.45) is 1.03. The fraction of sp³-hybridized carbons (Fsp3) is 0.364. The van der Waals surface area contributed by atoms with Crippen molar-refractivity contribution in [3.8, 4) is 5.75 Å². The molecule has 0 unspecified atom stereocenters. The van der Waals surface area contributed by atoms with Crippen molar-refractivity contribution in [2.75, 3.05) is 11.9 Å². The quantitative estimate of drug-likeness (QED) is 0.711. The van der Waals surface area contributed by atoms with E-state index in [1.165, 1.54) is 0 Å². The molecule has 0 aliphatic carbocycles. The van der Waals surface area contributed by atoms with E-state index in [0.29, 0.717) is 18.0 Å². The SMILES string of the molecule is C=CCOc1ccc(NC(=O)C(C)(C)NC(=O)OC(C)(C)C)c2ccccc12. The Balaban J connectivity index is 2.22. The van der Waals surface area contributed by atoms with E-state index in [9.17, 15) is 9.59 Å². The number of carbonyl (C=O) groups excluding carboxylic acids is 2. The fourth-order valence-corrected chi connectivity index (χ4v) is 2.55. The smallest absolute Gasteiger partial charge is 0.408 e. The molecule has 28 heavy (non-hydrogen) atoms. The van der Waals surface area contributed by atoms with Gasteiger partial charge < -0.3 is 20.1 Å². The zero-order chi connectivity index (χ0) is 20.9. The Kier molecular flexibility index (Phi) is 6.33. The summed E-state index contributed by atoms with van der Waals surface area (Å²) in [5.41, 5.74) is -1.18. The van der Waals surface area contributed by atoms with Crippen molar-refractivity contribution in [2.45, 2.75) is 45.8 Å². The number of hydrogen-bond acceptors (Lipinski definition) is 4. The number of hydrogen-bond donors (Lipinski definition) is 2. The lowest BCUT2D eigenvalue weighted by Gasteiger charge is -2.28. The molecule has 150 valence electrons. The first-order chi connectivity index (χ1) is 13.0. The number of nitrogens with one attached hydrogen (secondary N) is 2. The van der Waals surface area contributed by atoms with Crippen LogP contribution in [0.5, 0.6) is 5.75 Å². The number of amides is 2. The van der Waals surface area contributed by atoms with Crippen LogP contribution in [0.4, 0.5) is 10.5 Å².